The number of unbranched alkanes of at least 4 members (excludes halogenated alkanes) is 10. The zero-order valence-corrected chi connectivity index (χ0v) is 11.9. The zero-order valence-electron chi connectivity index (χ0n) is 11.9. The highest BCUT2D eigenvalue weighted by atomic mass is 14.0. The molecule has 0 unspecified atom stereocenters. The fourth-order valence-electron chi connectivity index (χ4n) is 2.01. The van der Waals surface area contributed by atoms with E-state index in [-0.39, 0.29) is 0 Å². The summed E-state index contributed by atoms with van der Waals surface area (Å²) in [5.41, 5.74) is 0. The molecule has 0 fully saturated rings. The van der Waals surface area contributed by atoms with Gasteiger partial charge in [0.05, 0.1) is 0 Å². The first-order valence-electron chi connectivity index (χ1n) is 7.67. The Labute approximate surface area is 109 Å². The van der Waals surface area contributed by atoms with Gasteiger partial charge in [-0.3, -0.25) is 0 Å². The Balaban J connectivity index is 2.99. The van der Waals surface area contributed by atoms with Crippen LogP contribution in [0, 0.1) is 0 Å². The summed E-state index contributed by atoms with van der Waals surface area (Å²) in [4.78, 5) is 0. The zero-order chi connectivity index (χ0) is 12.6. The van der Waals surface area contributed by atoms with Crippen LogP contribution in [0.3, 0.4) is 0 Å². The summed E-state index contributed by atoms with van der Waals surface area (Å²) >= 11 is 0. The molecule has 0 N–H and O–H groups in total. The maximum Gasteiger partial charge on any atom is -0.0351 e. The molecule has 0 aliphatic rings. The lowest BCUT2D eigenvalue weighted by Crippen LogP contribution is -1.79. The Hall–Kier alpha value is -0.520. The van der Waals surface area contributed by atoms with Gasteiger partial charge in [0.2, 0.25) is 0 Å². The van der Waals surface area contributed by atoms with Gasteiger partial charge in [0, 0.05) is 0 Å². The van der Waals surface area contributed by atoms with Gasteiger partial charge in [0.15, 0.2) is 0 Å². The van der Waals surface area contributed by atoms with Crippen LogP contribution in [0.1, 0.15) is 84.0 Å². The molecule has 0 aromatic rings. The van der Waals surface area contributed by atoms with Crippen molar-refractivity contribution in [2.75, 3.05) is 0 Å². The molecule has 0 heteroatoms. The topological polar surface area (TPSA) is 0 Å². The maximum atomic E-state index is 3.75. The van der Waals surface area contributed by atoms with E-state index in [1.54, 1.807) is 0 Å². The molecule has 100 valence electrons. The van der Waals surface area contributed by atoms with Gasteiger partial charge in [-0.1, -0.05) is 63.7 Å². The van der Waals surface area contributed by atoms with Gasteiger partial charge < -0.3 is 0 Å². The Morgan fingerprint density at radius 3 is 1.65 bits per heavy atom. The van der Waals surface area contributed by atoms with E-state index in [1.807, 2.05) is 6.08 Å². The molecule has 0 aromatic carbocycles. The van der Waals surface area contributed by atoms with Crippen molar-refractivity contribution in [3.8, 4) is 0 Å². The van der Waals surface area contributed by atoms with Gasteiger partial charge in [-0.15, -0.1) is 6.58 Å². The summed E-state index contributed by atoms with van der Waals surface area (Å²) in [6, 6.07) is 0. The Morgan fingerprint density at radius 2 is 1.12 bits per heavy atom. The quantitative estimate of drug-likeness (QED) is 0.255. The van der Waals surface area contributed by atoms with Gasteiger partial charge in [-0.2, -0.15) is 0 Å². The van der Waals surface area contributed by atoms with E-state index in [1.165, 1.54) is 77.0 Å². The van der Waals surface area contributed by atoms with E-state index in [9.17, 15) is 0 Å². The number of rotatable bonds is 13. The summed E-state index contributed by atoms with van der Waals surface area (Å²) in [6.07, 6.45) is 23.0. The third kappa shape index (κ3) is 15.5. The molecule has 0 rings (SSSR count). The maximum absolute atomic E-state index is 3.75. The second-order valence-electron chi connectivity index (χ2n) is 4.95. The van der Waals surface area contributed by atoms with E-state index in [0.29, 0.717) is 0 Å². The highest BCUT2D eigenvalue weighted by Gasteiger charge is 1.89. The molecule has 0 aromatic heterocycles. The summed E-state index contributed by atoms with van der Waals surface area (Å²) in [6.45, 7) is 6.01. The van der Waals surface area contributed by atoms with Crippen LogP contribution in [0.2, 0.25) is 0 Å². The largest absolute Gasteiger partial charge is 0.103 e. The van der Waals surface area contributed by atoms with E-state index in [2.05, 4.69) is 25.7 Å². The average molecular weight is 236 g/mol. The van der Waals surface area contributed by atoms with Crippen molar-refractivity contribution in [3.05, 3.63) is 24.8 Å². The molecule has 0 heterocycles. The van der Waals surface area contributed by atoms with Crippen LogP contribution in [0.4, 0.5) is 0 Å². The number of hydrogen-bond donors (Lipinski definition) is 0. The molecule has 17 heavy (non-hydrogen) atoms. The molecule has 0 radical (unpaired) electrons. The summed E-state index contributed by atoms with van der Waals surface area (Å²) in [5.74, 6) is 0. The highest BCUT2D eigenvalue weighted by Crippen LogP contribution is 2.09. The SMILES string of the molecule is C=CCCCCCCCCC=CCCCCC. The predicted octanol–water partition coefficient (Wildman–Crippen LogP) is 6.43. The summed E-state index contributed by atoms with van der Waals surface area (Å²) < 4.78 is 0. The Bertz CT molecular complexity index is 167. The normalized spacial score (nSPS) is 11.1. The van der Waals surface area contributed by atoms with Gasteiger partial charge in [-0.05, 0) is 38.5 Å². The fraction of sp³-hybridized carbons (Fsp3) is 0.765. The Morgan fingerprint density at radius 1 is 0.647 bits per heavy atom. The van der Waals surface area contributed by atoms with Crippen molar-refractivity contribution >= 4 is 0 Å². The molecule has 0 spiro atoms. The van der Waals surface area contributed by atoms with Crippen LogP contribution in [0.5, 0.6) is 0 Å². The third-order valence-electron chi connectivity index (χ3n) is 3.17. The smallest absolute Gasteiger partial charge is 0.0351 e. The van der Waals surface area contributed by atoms with Gasteiger partial charge in [0.25, 0.3) is 0 Å². The number of hydrogen-bond acceptors (Lipinski definition) is 0. The fourth-order valence-corrected chi connectivity index (χ4v) is 2.01. The minimum atomic E-state index is 1.19. The average Bonchev–Trinajstić information content (AvgIpc) is 2.35. The van der Waals surface area contributed by atoms with E-state index in [4.69, 9.17) is 0 Å². The second kappa shape index (κ2) is 15.5. The lowest BCUT2D eigenvalue weighted by molar-refractivity contribution is 0.600. The van der Waals surface area contributed by atoms with Crippen molar-refractivity contribution in [3.63, 3.8) is 0 Å². The minimum Gasteiger partial charge on any atom is -0.103 e. The van der Waals surface area contributed by atoms with E-state index in [0.717, 1.165) is 0 Å². The van der Waals surface area contributed by atoms with Crippen molar-refractivity contribution in [2.45, 2.75) is 84.0 Å². The van der Waals surface area contributed by atoms with E-state index < -0.39 is 0 Å². The van der Waals surface area contributed by atoms with Crippen molar-refractivity contribution in [1.29, 1.82) is 0 Å². The van der Waals surface area contributed by atoms with Crippen LogP contribution < -0.4 is 0 Å². The Kier molecular flexibility index (Phi) is 15.0. The first-order valence-corrected chi connectivity index (χ1v) is 7.67. The van der Waals surface area contributed by atoms with Crippen LogP contribution >= 0.6 is 0 Å². The molecular formula is C17H32. The monoisotopic (exact) mass is 236 g/mol. The van der Waals surface area contributed by atoms with Crippen LogP contribution in [0.25, 0.3) is 0 Å². The lowest BCUT2D eigenvalue weighted by atomic mass is 10.1. The van der Waals surface area contributed by atoms with Crippen LogP contribution in [0.15, 0.2) is 24.8 Å². The standard InChI is InChI=1S/C17H32/c1-3-5-7-9-11-13-15-17-16-14-12-10-8-6-4-2/h3,12,14H,1,4-11,13,15-17H2,2H3. The van der Waals surface area contributed by atoms with Crippen LogP contribution in [-0.4, -0.2) is 0 Å². The highest BCUT2D eigenvalue weighted by molar-refractivity contribution is 4.81. The third-order valence-corrected chi connectivity index (χ3v) is 3.17. The lowest BCUT2D eigenvalue weighted by Gasteiger charge is -1.99. The molecule has 0 saturated carbocycles. The van der Waals surface area contributed by atoms with Crippen molar-refractivity contribution in [1.82, 2.24) is 0 Å². The van der Waals surface area contributed by atoms with Gasteiger partial charge >= 0.3 is 0 Å². The second-order valence-corrected chi connectivity index (χ2v) is 4.95. The van der Waals surface area contributed by atoms with Crippen molar-refractivity contribution < 1.29 is 0 Å². The van der Waals surface area contributed by atoms with E-state index >= 15 is 0 Å². The molecular weight excluding hydrogens is 204 g/mol. The minimum absolute atomic E-state index is 1.19. The predicted molar refractivity (Wildman–Crippen MR) is 80.4 cm³/mol. The van der Waals surface area contributed by atoms with Crippen molar-refractivity contribution in [2.24, 2.45) is 0 Å². The number of allylic oxidation sites excluding steroid dienone is 3. The van der Waals surface area contributed by atoms with Gasteiger partial charge in [0.1, 0.15) is 0 Å². The molecule has 0 bridgehead atoms. The molecule has 0 nitrogen and oxygen atoms in total. The first-order chi connectivity index (χ1) is 8.41. The summed E-state index contributed by atoms with van der Waals surface area (Å²) in [5, 5.41) is 0. The molecule has 0 aliphatic carbocycles. The van der Waals surface area contributed by atoms with Crippen LogP contribution in [-0.2, 0) is 0 Å². The summed E-state index contributed by atoms with van der Waals surface area (Å²) in [7, 11) is 0. The molecule has 0 amide bonds. The molecule has 0 aliphatic heterocycles. The molecule has 0 saturated heterocycles. The van der Waals surface area contributed by atoms with Gasteiger partial charge in [-0.25, -0.2) is 0 Å². The first kappa shape index (κ1) is 16.5. The molecule has 0 atom stereocenters.